The third kappa shape index (κ3) is 0.869. The van der Waals surface area contributed by atoms with Crippen molar-refractivity contribution in [3.8, 4) is 0 Å². The molecule has 2 heteroatoms. The van der Waals surface area contributed by atoms with Gasteiger partial charge in [-0.05, 0) is 31.5 Å². The zero-order chi connectivity index (χ0) is 6.15. The predicted molar refractivity (Wildman–Crippen MR) is 33.2 cm³/mol. The Morgan fingerprint density at radius 3 is 2.25 bits per heavy atom. The average Bonchev–Trinajstić information content (AvgIpc) is 1.85. The van der Waals surface area contributed by atoms with Gasteiger partial charge in [0.15, 0.2) is 5.22 Å². The van der Waals surface area contributed by atoms with Gasteiger partial charge < -0.3 is 4.42 Å². The number of hydrogen-bond donors (Lipinski definition) is 0. The van der Waals surface area contributed by atoms with E-state index in [0.29, 0.717) is 5.22 Å². The van der Waals surface area contributed by atoms with E-state index in [1.54, 1.807) is 0 Å². The van der Waals surface area contributed by atoms with Crippen molar-refractivity contribution in [3.05, 3.63) is 22.6 Å². The van der Waals surface area contributed by atoms with Gasteiger partial charge in [-0.15, -0.1) is 0 Å². The lowest BCUT2D eigenvalue weighted by Gasteiger charge is -1.77. The van der Waals surface area contributed by atoms with E-state index in [1.165, 1.54) is 0 Å². The largest absolute Gasteiger partial charge is 0.450 e. The van der Waals surface area contributed by atoms with Crippen LogP contribution in [0.2, 0.25) is 5.22 Å². The molecular weight excluding hydrogens is 124 g/mol. The van der Waals surface area contributed by atoms with Crippen LogP contribution >= 0.6 is 11.6 Å². The van der Waals surface area contributed by atoms with Crippen LogP contribution in [0.4, 0.5) is 0 Å². The number of hydrogen-bond acceptors (Lipinski definition) is 1. The second-order valence-corrected chi connectivity index (χ2v) is 2.16. The van der Waals surface area contributed by atoms with Crippen molar-refractivity contribution in [1.29, 1.82) is 0 Å². The second kappa shape index (κ2) is 1.82. The maximum Gasteiger partial charge on any atom is 0.196 e. The molecule has 0 aromatic carbocycles. The Morgan fingerprint density at radius 1 is 1.50 bits per heavy atom. The molecule has 0 aliphatic heterocycles. The Labute approximate surface area is 53.3 Å². The highest BCUT2D eigenvalue weighted by atomic mass is 35.5. The van der Waals surface area contributed by atoms with Crippen molar-refractivity contribution in [2.75, 3.05) is 0 Å². The van der Waals surface area contributed by atoms with Crippen LogP contribution in [0.5, 0.6) is 0 Å². The van der Waals surface area contributed by atoms with Crippen LogP contribution in [0.25, 0.3) is 0 Å². The Bertz CT molecular complexity index is 171. The van der Waals surface area contributed by atoms with Crippen molar-refractivity contribution in [3.63, 3.8) is 0 Å². The minimum Gasteiger partial charge on any atom is -0.450 e. The monoisotopic (exact) mass is 130 g/mol. The molecule has 1 nitrogen and oxygen atoms in total. The van der Waals surface area contributed by atoms with E-state index in [2.05, 4.69) is 0 Å². The molecule has 0 aliphatic carbocycles. The van der Waals surface area contributed by atoms with Gasteiger partial charge in [-0.1, -0.05) is 0 Å². The first-order valence-electron chi connectivity index (χ1n) is 2.42. The lowest BCUT2D eigenvalue weighted by atomic mass is 10.4. The van der Waals surface area contributed by atoms with Gasteiger partial charge in [0.1, 0.15) is 5.76 Å². The highest BCUT2D eigenvalue weighted by Crippen LogP contribution is 2.18. The number of halogens is 1. The van der Waals surface area contributed by atoms with E-state index in [1.807, 2.05) is 19.9 Å². The molecular formula is C6H7ClO. The normalized spacial score (nSPS) is 9.88. The molecule has 1 rings (SSSR count). The molecule has 0 radical (unpaired) electrons. The quantitative estimate of drug-likeness (QED) is 0.526. The molecule has 0 N–H and O–H groups in total. The molecule has 8 heavy (non-hydrogen) atoms. The van der Waals surface area contributed by atoms with Gasteiger partial charge in [0.2, 0.25) is 0 Å². The molecule has 0 unspecified atom stereocenters. The van der Waals surface area contributed by atoms with Crippen LogP contribution in [-0.4, -0.2) is 0 Å². The van der Waals surface area contributed by atoms with Crippen LogP contribution in [0.1, 0.15) is 11.3 Å². The summed E-state index contributed by atoms with van der Waals surface area (Å²) < 4.78 is 4.98. The first-order chi connectivity index (χ1) is 3.70. The summed E-state index contributed by atoms with van der Waals surface area (Å²) in [7, 11) is 0. The van der Waals surface area contributed by atoms with E-state index in [4.69, 9.17) is 16.0 Å². The van der Waals surface area contributed by atoms with Crippen LogP contribution in [0.15, 0.2) is 10.5 Å². The number of furan rings is 1. The maximum atomic E-state index is 5.56. The summed E-state index contributed by atoms with van der Waals surface area (Å²) in [5, 5.41) is 0.502. The average molecular weight is 131 g/mol. The lowest BCUT2D eigenvalue weighted by Crippen LogP contribution is -1.56. The Balaban J connectivity index is 3.14. The van der Waals surface area contributed by atoms with Crippen molar-refractivity contribution < 1.29 is 4.42 Å². The summed E-state index contributed by atoms with van der Waals surface area (Å²) in [5.74, 6) is 0.868. The zero-order valence-corrected chi connectivity index (χ0v) is 5.62. The van der Waals surface area contributed by atoms with E-state index in [0.717, 1.165) is 11.3 Å². The third-order valence-electron chi connectivity index (χ3n) is 0.980. The Hall–Kier alpha value is -0.430. The Morgan fingerprint density at radius 2 is 2.12 bits per heavy atom. The molecule has 0 saturated heterocycles. The topological polar surface area (TPSA) is 13.1 Å². The summed E-state index contributed by atoms with van der Waals surface area (Å²) in [6.07, 6.45) is 0. The molecule has 0 saturated carbocycles. The van der Waals surface area contributed by atoms with Crippen LogP contribution < -0.4 is 0 Å². The Kier molecular flexibility index (Phi) is 1.30. The van der Waals surface area contributed by atoms with Gasteiger partial charge >= 0.3 is 0 Å². The summed E-state index contributed by atoms with van der Waals surface area (Å²) in [6.45, 7) is 3.79. The fourth-order valence-corrected chi connectivity index (χ4v) is 0.789. The SMILES string of the molecule is Cc1cc(C)c(Cl)o1. The van der Waals surface area contributed by atoms with E-state index >= 15 is 0 Å². The molecule has 0 bridgehead atoms. The van der Waals surface area contributed by atoms with Crippen molar-refractivity contribution in [2.24, 2.45) is 0 Å². The van der Waals surface area contributed by atoms with Gasteiger partial charge in [0.05, 0.1) is 0 Å². The van der Waals surface area contributed by atoms with Gasteiger partial charge in [0.25, 0.3) is 0 Å². The van der Waals surface area contributed by atoms with Crippen molar-refractivity contribution in [2.45, 2.75) is 13.8 Å². The fourth-order valence-electron chi connectivity index (χ4n) is 0.613. The zero-order valence-electron chi connectivity index (χ0n) is 4.86. The molecule has 1 aromatic heterocycles. The van der Waals surface area contributed by atoms with Crippen LogP contribution in [-0.2, 0) is 0 Å². The summed E-state index contributed by atoms with van der Waals surface area (Å²) in [5.41, 5.74) is 1.00. The fraction of sp³-hybridized carbons (Fsp3) is 0.333. The third-order valence-corrected chi connectivity index (χ3v) is 1.36. The highest BCUT2D eigenvalue weighted by Gasteiger charge is 1.97. The molecule has 0 spiro atoms. The molecule has 0 atom stereocenters. The smallest absolute Gasteiger partial charge is 0.196 e. The van der Waals surface area contributed by atoms with Gasteiger partial charge in [-0.3, -0.25) is 0 Å². The van der Waals surface area contributed by atoms with Crippen molar-refractivity contribution in [1.82, 2.24) is 0 Å². The summed E-state index contributed by atoms with van der Waals surface area (Å²) in [4.78, 5) is 0. The molecule has 0 aliphatic rings. The first-order valence-corrected chi connectivity index (χ1v) is 2.80. The first kappa shape index (κ1) is 5.70. The van der Waals surface area contributed by atoms with E-state index in [-0.39, 0.29) is 0 Å². The minimum atomic E-state index is 0.502. The highest BCUT2D eigenvalue weighted by molar-refractivity contribution is 6.29. The van der Waals surface area contributed by atoms with Crippen LogP contribution in [0.3, 0.4) is 0 Å². The summed E-state index contributed by atoms with van der Waals surface area (Å²) >= 11 is 5.56. The molecule has 1 heterocycles. The molecule has 0 amide bonds. The van der Waals surface area contributed by atoms with Crippen molar-refractivity contribution >= 4 is 11.6 Å². The lowest BCUT2D eigenvalue weighted by molar-refractivity contribution is 0.535. The second-order valence-electron chi connectivity index (χ2n) is 1.81. The van der Waals surface area contributed by atoms with Gasteiger partial charge in [-0.25, -0.2) is 0 Å². The predicted octanol–water partition coefficient (Wildman–Crippen LogP) is 2.55. The molecule has 1 aromatic rings. The summed E-state index contributed by atoms with van der Waals surface area (Å²) in [6, 6.07) is 1.91. The van der Waals surface area contributed by atoms with Crippen LogP contribution in [0, 0.1) is 13.8 Å². The number of rotatable bonds is 0. The number of aryl methyl sites for hydroxylation is 2. The van der Waals surface area contributed by atoms with E-state index < -0.39 is 0 Å². The molecule has 44 valence electrons. The minimum absolute atomic E-state index is 0.502. The van der Waals surface area contributed by atoms with Gasteiger partial charge in [-0.2, -0.15) is 0 Å². The standard InChI is InChI=1S/C6H7ClO/c1-4-3-5(2)8-6(4)7/h3H,1-2H3. The maximum absolute atomic E-state index is 5.56. The molecule has 0 fully saturated rings. The van der Waals surface area contributed by atoms with E-state index in [9.17, 15) is 0 Å². The van der Waals surface area contributed by atoms with Gasteiger partial charge in [0, 0.05) is 5.56 Å².